The van der Waals surface area contributed by atoms with Gasteiger partial charge in [0.15, 0.2) is 0 Å². The van der Waals surface area contributed by atoms with Crippen molar-refractivity contribution in [3.8, 4) is 0 Å². The summed E-state index contributed by atoms with van der Waals surface area (Å²) in [4.78, 5) is 4.36. The number of pyridine rings is 1. The number of thioether (sulfide) groups is 1. The van der Waals surface area contributed by atoms with Gasteiger partial charge in [-0.15, -0.1) is 0 Å². The smallest absolute Gasteiger partial charge is 0.0542 e. The Morgan fingerprint density at radius 1 is 1.50 bits per heavy atom. The van der Waals surface area contributed by atoms with Gasteiger partial charge in [-0.2, -0.15) is 11.8 Å². The van der Waals surface area contributed by atoms with E-state index in [4.69, 9.17) is 0 Å². The second kappa shape index (κ2) is 6.03. The lowest BCUT2D eigenvalue weighted by molar-refractivity contribution is 0.520. The number of hydrogen-bond acceptors (Lipinski definition) is 3. The highest BCUT2D eigenvalue weighted by molar-refractivity contribution is 9.10. The molecule has 1 fully saturated rings. The van der Waals surface area contributed by atoms with Gasteiger partial charge in [-0.1, -0.05) is 0 Å². The Hall–Kier alpha value is -0.0600. The van der Waals surface area contributed by atoms with Crippen LogP contribution in [-0.2, 0) is 6.54 Å². The molecule has 1 aliphatic rings. The lowest BCUT2D eigenvalue weighted by Crippen LogP contribution is -2.26. The van der Waals surface area contributed by atoms with Crippen LogP contribution >= 0.6 is 27.7 Å². The van der Waals surface area contributed by atoms with Gasteiger partial charge < -0.3 is 5.32 Å². The zero-order valence-electron chi connectivity index (χ0n) is 9.45. The first-order chi connectivity index (χ1) is 7.78. The highest BCUT2D eigenvalue weighted by Crippen LogP contribution is 2.28. The molecule has 0 bridgehead atoms. The number of hydrogen-bond donors (Lipinski definition) is 1. The van der Waals surface area contributed by atoms with Crippen LogP contribution in [0.5, 0.6) is 0 Å². The van der Waals surface area contributed by atoms with E-state index in [0.29, 0.717) is 6.04 Å². The van der Waals surface area contributed by atoms with Crippen molar-refractivity contribution in [2.75, 3.05) is 6.26 Å². The van der Waals surface area contributed by atoms with E-state index >= 15 is 0 Å². The zero-order valence-corrected chi connectivity index (χ0v) is 11.9. The van der Waals surface area contributed by atoms with Crippen LogP contribution in [0, 0.1) is 0 Å². The summed E-state index contributed by atoms with van der Waals surface area (Å²) < 4.78 is 1.04. The van der Waals surface area contributed by atoms with Gasteiger partial charge in [0.2, 0.25) is 0 Å². The van der Waals surface area contributed by atoms with Crippen molar-refractivity contribution in [2.24, 2.45) is 0 Å². The van der Waals surface area contributed by atoms with E-state index < -0.39 is 0 Å². The quantitative estimate of drug-likeness (QED) is 0.924. The van der Waals surface area contributed by atoms with E-state index in [9.17, 15) is 0 Å². The molecular weight excluding hydrogens is 284 g/mol. The fourth-order valence-electron chi connectivity index (χ4n) is 2.10. The van der Waals surface area contributed by atoms with Crippen LogP contribution in [-0.4, -0.2) is 22.5 Å². The maximum Gasteiger partial charge on any atom is 0.0542 e. The average Bonchev–Trinajstić information content (AvgIpc) is 2.76. The summed E-state index contributed by atoms with van der Waals surface area (Å²) in [5.41, 5.74) is 1.12. The third kappa shape index (κ3) is 3.47. The average molecular weight is 301 g/mol. The van der Waals surface area contributed by atoms with Crippen molar-refractivity contribution >= 4 is 27.7 Å². The van der Waals surface area contributed by atoms with Gasteiger partial charge in [-0.05, 0) is 53.6 Å². The van der Waals surface area contributed by atoms with Gasteiger partial charge in [-0.25, -0.2) is 0 Å². The molecule has 1 aliphatic carbocycles. The zero-order chi connectivity index (χ0) is 11.4. The first-order valence-corrected chi connectivity index (χ1v) is 7.72. The van der Waals surface area contributed by atoms with Crippen molar-refractivity contribution in [3.63, 3.8) is 0 Å². The predicted octanol–water partition coefficient (Wildman–Crippen LogP) is 3.22. The molecule has 0 spiro atoms. The highest BCUT2D eigenvalue weighted by Gasteiger charge is 2.23. The van der Waals surface area contributed by atoms with Crippen LogP contribution in [0.2, 0.25) is 0 Å². The molecule has 0 saturated heterocycles. The molecule has 0 aliphatic heterocycles. The van der Waals surface area contributed by atoms with Crippen LogP contribution in [0.4, 0.5) is 0 Å². The summed E-state index contributed by atoms with van der Waals surface area (Å²) in [6, 6.07) is 4.80. The van der Waals surface area contributed by atoms with Gasteiger partial charge in [0.25, 0.3) is 0 Å². The summed E-state index contributed by atoms with van der Waals surface area (Å²) >= 11 is 5.39. The van der Waals surface area contributed by atoms with Gasteiger partial charge in [0.05, 0.1) is 5.69 Å². The van der Waals surface area contributed by atoms with E-state index in [1.165, 1.54) is 19.3 Å². The third-order valence-electron chi connectivity index (χ3n) is 3.08. The normalized spacial score (nSPS) is 24.9. The molecule has 1 saturated carbocycles. The first-order valence-electron chi connectivity index (χ1n) is 5.64. The number of nitrogens with zero attached hydrogens (tertiary/aromatic N) is 1. The fraction of sp³-hybridized carbons (Fsp3) is 0.583. The van der Waals surface area contributed by atoms with Gasteiger partial charge >= 0.3 is 0 Å². The monoisotopic (exact) mass is 300 g/mol. The number of rotatable bonds is 4. The third-order valence-corrected chi connectivity index (χ3v) is 4.64. The van der Waals surface area contributed by atoms with E-state index in [1.54, 1.807) is 0 Å². The summed E-state index contributed by atoms with van der Waals surface area (Å²) in [6.07, 6.45) is 8.03. The molecule has 88 valence electrons. The van der Waals surface area contributed by atoms with Crippen molar-refractivity contribution in [1.82, 2.24) is 10.3 Å². The molecule has 0 amide bonds. The second-order valence-electron chi connectivity index (χ2n) is 4.22. The molecule has 2 nitrogen and oxygen atoms in total. The van der Waals surface area contributed by atoms with Crippen LogP contribution in [0.3, 0.4) is 0 Å². The van der Waals surface area contributed by atoms with Crippen LogP contribution in [0.15, 0.2) is 22.8 Å². The second-order valence-corrected chi connectivity index (χ2v) is 6.27. The molecular formula is C12H17BrN2S. The highest BCUT2D eigenvalue weighted by atomic mass is 79.9. The minimum absolute atomic E-state index is 0.683. The molecule has 1 heterocycles. The Morgan fingerprint density at radius 2 is 2.38 bits per heavy atom. The van der Waals surface area contributed by atoms with Crippen LogP contribution in [0.25, 0.3) is 0 Å². The van der Waals surface area contributed by atoms with Crippen molar-refractivity contribution < 1.29 is 0 Å². The number of aromatic nitrogens is 1. The SMILES string of the molecule is CSC1CCC(NCc2ccc(Br)cn2)C1. The summed E-state index contributed by atoms with van der Waals surface area (Å²) in [7, 11) is 0. The molecule has 4 heteroatoms. The van der Waals surface area contributed by atoms with Crippen molar-refractivity contribution in [1.29, 1.82) is 0 Å². The Bertz CT molecular complexity index is 328. The van der Waals surface area contributed by atoms with Crippen LogP contribution < -0.4 is 5.32 Å². The van der Waals surface area contributed by atoms with Gasteiger partial charge in [0, 0.05) is 28.5 Å². The molecule has 1 N–H and O–H groups in total. The molecule has 0 radical (unpaired) electrons. The topological polar surface area (TPSA) is 24.9 Å². The minimum Gasteiger partial charge on any atom is -0.308 e. The van der Waals surface area contributed by atoms with E-state index in [1.807, 2.05) is 24.0 Å². The largest absolute Gasteiger partial charge is 0.308 e. The van der Waals surface area contributed by atoms with Crippen molar-refractivity contribution in [3.05, 3.63) is 28.5 Å². The van der Waals surface area contributed by atoms with E-state index in [0.717, 1.165) is 22.0 Å². The molecule has 2 rings (SSSR count). The number of nitrogens with one attached hydrogen (secondary N) is 1. The number of halogens is 1. The molecule has 2 atom stereocenters. The first kappa shape index (κ1) is 12.4. The lowest BCUT2D eigenvalue weighted by Gasteiger charge is -2.12. The maximum absolute atomic E-state index is 4.36. The van der Waals surface area contributed by atoms with Crippen LogP contribution in [0.1, 0.15) is 25.0 Å². The Balaban J connectivity index is 1.77. The van der Waals surface area contributed by atoms with E-state index in [-0.39, 0.29) is 0 Å². The Morgan fingerprint density at radius 3 is 3.00 bits per heavy atom. The summed E-state index contributed by atoms with van der Waals surface area (Å²) in [6.45, 7) is 0.888. The molecule has 0 aromatic carbocycles. The van der Waals surface area contributed by atoms with Gasteiger partial charge in [-0.3, -0.25) is 4.98 Å². The predicted molar refractivity (Wildman–Crippen MR) is 73.7 cm³/mol. The summed E-state index contributed by atoms with van der Waals surface area (Å²) in [5.74, 6) is 0. The molecule has 1 aromatic rings. The Labute approximate surface area is 110 Å². The fourth-order valence-corrected chi connectivity index (χ4v) is 3.13. The molecule has 1 aromatic heterocycles. The Kier molecular flexibility index (Phi) is 4.67. The van der Waals surface area contributed by atoms with Crippen molar-refractivity contribution in [2.45, 2.75) is 37.1 Å². The minimum atomic E-state index is 0.683. The molecule has 16 heavy (non-hydrogen) atoms. The summed E-state index contributed by atoms with van der Waals surface area (Å²) in [5, 5.41) is 4.45. The van der Waals surface area contributed by atoms with E-state index in [2.05, 4.69) is 38.6 Å². The maximum atomic E-state index is 4.36. The molecule has 2 unspecified atom stereocenters. The van der Waals surface area contributed by atoms with Gasteiger partial charge in [0.1, 0.15) is 0 Å². The standard InChI is InChI=1S/C12H17BrN2S/c1-16-12-5-4-10(6-12)15-8-11-3-2-9(13)7-14-11/h2-3,7,10,12,15H,4-6,8H2,1H3. The lowest BCUT2D eigenvalue weighted by atomic mass is 10.2.